The molecule has 1 nitrogen and oxygen atoms in total. The van der Waals surface area contributed by atoms with Gasteiger partial charge in [0.25, 0.3) is 0 Å². The van der Waals surface area contributed by atoms with Crippen molar-refractivity contribution < 1.29 is 0 Å². The van der Waals surface area contributed by atoms with Crippen molar-refractivity contribution in [3.8, 4) is 0 Å². The monoisotopic (exact) mass is 185 g/mol. The van der Waals surface area contributed by atoms with E-state index < -0.39 is 0 Å². The maximum atomic E-state index is 5.67. The first-order valence-electron chi connectivity index (χ1n) is 4.77. The summed E-state index contributed by atoms with van der Waals surface area (Å²) >= 11 is 5.67. The van der Waals surface area contributed by atoms with E-state index in [0.717, 1.165) is 24.0 Å². The Morgan fingerprint density at radius 2 is 2.17 bits per heavy atom. The minimum absolute atomic E-state index is 0.687. The van der Waals surface area contributed by atoms with Gasteiger partial charge in [0, 0.05) is 18.1 Å². The Bertz CT molecular complexity index is 192. The molecule has 0 aliphatic heterocycles. The van der Waals surface area contributed by atoms with E-state index in [1.54, 1.807) is 0 Å². The first kappa shape index (κ1) is 8.58. The Balaban J connectivity index is 1.68. The average Bonchev–Trinajstić information content (AvgIpc) is 2.82. The van der Waals surface area contributed by atoms with Crippen LogP contribution < -0.4 is 5.32 Å². The maximum Gasteiger partial charge on any atom is 0.0307 e. The summed E-state index contributed by atoms with van der Waals surface area (Å²) in [6.45, 7) is 5.59. The lowest BCUT2D eigenvalue weighted by Crippen LogP contribution is -2.26. The van der Waals surface area contributed by atoms with Crippen LogP contribution in [0.3, 0.4) is 0 Å². The number of nitrogens with one attached hydrogen (secondary N) is 1. The van der Waals surface area contributed by atoms with Crippen LogP contribution in [0, 0.1) is 11.3 Å². The highest BCUT2D eigenvalue weighted by atomic mass is 35.5. The van der Waals surface area contributed by atoms with Gasteiger partial charge in [-0.05, 0) is 37.0 Å². The van der Waals surface area contributed by atoms with E-state index in [-0.39, 0.29) is 0 Å². The van der Waals surface area contributed by atoms with Gasteiger partial charge in [0.1, 0.15) is 0 Å². The highest BCUT2D eigenvalue weighted by Gasteiger charge is 2.53. The van der Waals surface area contributed by atoms with Gasteiger partial charge in [0.05, 0.1) is 0 Å². The maximum absolute atomic E-state index is 5.67. The molecule has 0 saturated heterocycles. The second kappa shape index (κ2) is 3.04. The zero-order chi connectivity index (χ0) is 8.60. The van der Waals surface area contributed by atoms with E-state index in [4.69, 9.17) is 11.6 Å². The van der Waals surface area contributed by atoms with Crippen LogP contribution in [-0.4, -0.2) is 13.1 Å². The topological polar surface area (TPSA) is 12.0 Å². The molecule has 0 radical (unpaired) electrons. The lowest BCUT2D eigenvalue weighted by atomic mass is 10.0. The van der Waals surface area contributed by atoms with Crippen molar-refractivity contribution >= 4 is 11.6 Å². The zero-order valence-electron chi connectivity index (χ0n) is 7.41. The lowest BCUT2D eigenvalue weighted by molar-refractivity contribution is 0.413. The summed E-state index contributed by atoms with van der Waals surface area (Å²) in [6.07, 6.45) is 5.78. The van der Waals surface area contributed by atoms with Gasteiger partial charge in [0.2, 0.25) is 0 Å². The molecule has 0 aromatic rings. The molecule has 0 heterocycles. The molecular formula is C10H16ClN. The van der Waals surface area contributed by atoms with Crippen LogP contribution in [0.25, 0.3) is 0 Å². The molecule has 0 atom stereocenters. The van der Waals surface area contributed by atoms with Gasteiger partial charge < -0.3 is 5.32 Å². The smallest absolute Gasteiger partial charge is 0.0307 e. The zero-order valence-corrected chi connectivity index (χ0v) is 8.16. The molecule has 0 bridgehead atoms. The Morgan fingerprint density at radius 1 is 1.50 bits per heavy atom. The average molecular weight is 186 g/mol. The first-order valence-corrected chi connectivity index (χ1v) is 5.15. The van der Waals surface area contributed by atoms with Crippen LogP contribution in [0.2, 0.25) is 0 Å². The minimum Gasteiger partial charge on any atom is -0.311 e. The summed E-state index contributed by atoms with van der Waals surface area (Å²) < 4.78 is 0. The van der Waals surface area contributed by atoms with Crippen molar-refractivity contribution in [1.29, 1.82) is 0 Å². The summed E-state index contributed by atoms with van der Waals surface area (Å²) in [4.78, 5) is 0. The second-order valence-corrected chi connectivity index (χ2v) is 4.79. The number of halogens is 1. The molecule has 2 rings (SSSR count). The van der Waals surface area contributed by atoms with Gasteiger partial charge in [-0.2, -0.15) is 0 Å². The Hall–Kier alpha value is -0.0100. The Morgan fingerprint density at radius 3 is 2.58 bits per heavy atom. The number of hydrogen-bond acceptors (Lipinski definition) is 1. The Kier molecular flexibility index (Phi) is 2.18. The van der Waals surface area contributed by atoms with Crippen molar-refractivity contribution in [2.45, 2.75) is 25.7 Å². The van der Waals surface area contributed by atoms with Crippen molar-refractivity contribution in [3.05, 3.63) is 11.6 Å². The molecule has 0 aromatic carbocycles. The molecular weight excluding hydrogens is 170 g/mol. The number of rotatable bonds is 5. The minimum atomic E-state index is 0.687. The molecule has 0 spiro atoms. The molecule has 2 aliphatic carbocycles. The SMILES string of the molecule is C=C(Cl)CNCC1(C2CC2)CC1. The van der Waals surface area contributed by atoms with Crippen LogP contribution in [0.4, 0.5) is 0 Å². The fourth-order valence-corrected chi connectivity index (χ4v) is 2.13. The summed E-state index contributed by atoms with van der Waals surface area (Å²) in [6, 6.07) is 0. The van der Waals surface area contributed by atoms with Crippen molar-refractivity contribution in [3.63, 3.8) is 0 Å². The predicted molar refractivity (Wildman–Crippen MR) is 52.3 cm³/mol. The number of hydrogen-bond donors (Lipinski definition) is 1. The molecule has 2 aliphatic rings. The quantitative estimate of drug-likeness (QED) is 0.694. The fraction of sp³-hybridized carbons (Fsp3) is 0.800. The van der Waals surface area contributed by atoms with E-state index in [9.17, 15) is 0 Å². The molecule has 1 N–H and O–H groups in total. The Labute approximate surface area is 79.2 Å². The molecule has 0 unspecified atom stereocenters. The highest BCUT2D eigenvalue weighted by molar-refractivity contribution is 6.29. The van der Waals surface area contributed by atoms with Gasteiger partial charge in [0.15, 0.2) is 0 Å². The summed E-state index contributed by atoms with van der Waals surface area (Å²) in [5.74, 6) is 1.04. The normalized spacial score (nSPS) is 25.4. The van der Waals surface area contributed by atoms with Crippen molar-refractivity contribution in [1.82, 2.24) is 5.32 Å². The molecule has 12 heavy (non-hydrogen) atoms. The first-order chi connectivity index (χ1) is 5.73. The van der Waals surface area contributed by atoms with Gasteiger partial charge >= 0.3 is 0 Å². The largest absolute Gasteiger partial charge is 0.311 e. The highest BCUT2D eigenvalue weighted by Crippen LogP contribution is 2.60. The predicted octanol–water partition coefficient (Wildman–Crippen LogP) is 2.52. The third-order valence-electron chi connectivity index (χ3n) is 3.13. The molecule has 2 heteroatoms. The molecule has 0 amide bonds. The van der Waals surface area contributed by atoms with Gasteiger partial charge in [-0.25, -0.2) is 0 Å². The summed E-state index contributed by atoms with van der Waals surface area (Å²) in [7, 11) is 0. The van der Waals surface area contributed by atoms with Crippen LogP contribution in [0.15, 0.2) is 11.6 Å². The van der Waals surface area contributed by atoms with Gasteiger partial charge in [-0.15, -0.1) is 0 Å². The fourth-order valence-electron chi connectivity index (χ4n) is 2.03. The third kappa shape index (κ3) is 1.83. The van der Waals surface area contributed by atoms with Crippen LogP contribution in [-0.2, 0) is 0 Å². The molecule has 0 aromatic heterocycles. The van der Waals surface area contributed by atoms with E-state index >= 15 is 0 Å². The third-order valence-corrected chi connectivity index (χ3v) is 3.26. The van der Waals surface area contributed by atoms with E-state index in [2.05, 4.69) is 11.9 Å². The van der Waals surface area contributed by atoms with E-state index in [1.165, 1.54) is 25.7 Å². The van der Waals surface area contributed by atoms with E-state index in [0.29, 0.717) is 5.41 Å². The molecule has 2 fully saturated rings. The van der Waals surface area contributed by atoms with Crippen LogP contribution >= 0.6 is 11.6 Å². The molecule has 2 saturated carbocycles. The summed E-state index contributed by atoms with van der Waals surface area (Å²) in [5.41, 5.74) is 0.687. The standard InChI is InChI=1S/C10H16ClN/c1-8(11)6-12-7-10(4-5-10)9-2-3-9/h9,12H,1-7H2. The molecule has 68 valence electrons. The van der Waals surface area contributed by atoms with Gasteiger partial charge in [-0.3, -0.25) is 0 Å². The second-order valence-electron chi connectivity index (χ2n) is 4.26. The van der Waals surface area contributed by atoms with Crippen molar-refractivity contribution in [2.75, 3.05) is 13.1 Å². The van der Waals surface area contributed by atoms with Crippen molar-refractivity contribution in [2.24, 2.45) is 11.3 Å². The summed E-state index contributed by atoms with van der Waals surface area (Å²) in [5, 5.41) is 4.10. The van der Waals surface area contributed by atoms with Crippen LogP contribution in [0.1, 0.15) is 25.7 Å². The lowest BCUT2D eigenvalue weighted by Gasteiger charge is -2.14. The van der Waals surface area contributed by atoms with Crippen LogP contribution in [0.5, 0.6) is 0 Å². The van der Waals surface area contributed by atoms with E-state index in [1.807, 2.05) is 0 Å². The van der Waals surface area contributed by atoms with Gasteiger partial charge in [-0.1, -0.05) is 18.2 Å².